The molecular formula is C27H39N3O3. The largest absolute Gasteiger partial charge is 0.392 e. The highest BCUT2D eigenvalue weighted by atomic mass is 16.3. The van der Waals surface area contributed by atoms with Crippen molar-refractivity contribution in [1.82, 2.24) is 10.6 Å². The van der Waals surface area contributed by atoms with Gasteiger partial charge in [0.25, 0.3) is 5.91 Å². The van der Waals surface area contributed by atoms with Gasteiger partial charge in [-0.2, -0.15) is 5.26 Å². The fourth-order valence-electron chi connectivity index (χ4n) is 6.12. The highest BCUT2D eigenvalue weighted by Crippen LogP contribution is 2.55. The van der Waals surface area contributed by atoms with Crippen LogP contribution < -0.4 is 10.6 Å². The summed E-state index contributed by atoms with van der Waals surface area (Å²) in [7, 11) is 0. The van der Waals surface area contributed by atoms with Gasteiger partial charge in [0.2, 0.25) is 5.91 Å². The maximum absolute atomic E-state index is 12.9. The van der Waals surface area contributed by atoms with Crippen molar-refractivity contribution in [2.45, 2.75) is 84.9 Å². The number of fused-ring (bicyclic) bond motifs is 1. The first-order valence-electron chi connectivity index (χ1n) is 12.2. The summed E-state index contributed by atoms with van der Waals surface area (Å²) in [6, 6.07) is 8.67. The lowest BCUT2D eigenvalue weighted by Gasteiger charge is -2.56. The summed E-state index contributed by atoms with van der Waals surface area (Å²) in [5, 5.41) is 26.7. The summed E-state index contributed by atoms with van der Waals surface area (Å²) in [6.07, 6.45) is 3.03. The average Bonchev–Trinajstić information content (AvgIpc) is 2.74. The molecule has 0 aliphatic heterocycles. The van der Waals surface area contributed by atoms with Crippen molar-refractivity contribution >= 4 is 11.8 Å². The van der Waals surface area contributed by atoms with E-state index >= 15 is 0 Å². The number of aliphatic hydroxyl groups is 1. The van der Waals surface area contributed by atoms with Crippen LogP contribution in [0.2, 0.25) is 0 Å². The summed E-state index contributed by atoms with van der Waals surface area (Å²) in [5.74, 6) is -0.433. The van der Waals surface area contributed by atoms with Gasteiger partial charge in [0.05, 0.1) is 17.7 Å². The van der Waals surface area contributed by atoms with Gasteiger partial charge in [-0.15, -0.1) is 0 Å². The number of nitrogens with one attached hydrogen (secondary N) is 2. The summed E-state index contributed by atoms with van der Waals surface area (Å²) in [6.45, 7) is 12.2. The molecule has 2 aliphatic carbocycles. The van der Waals surface area contributed by atoms with Crippen LogP contribution in [0.5, 0.6) is 0 Å². The molecule has 1 aromatic rings. The van der Waals surface area contributed by atoms with Crippen molar-refractivity contribution < 1.29 is 14.7 Å². The third-order valence-corrected chi connectivity index (χ3v) is 8.03. The molecule has 0 unspecified atom stereocenters. The van der Waals surface area contributed by atoms with E-state index < -0.39 is 6.10 Å². The highest BCUT2D eigenvalue weighted by Gasteiger charge is 2.54. The number of hydrogen-bond donors (Lipinski definition) is 3. The lowest BCUT2D eigenvalue weighted by Crippen LogP contribution is -2.59. The highest BCUT2D eigenvalue weighted by molar-refractivity contribution is 5.94. The van der Waals surface area contributed by atoms with Crippen molar-refractivity contribution in [1.29, 1.82) is 5.26 Å². The Bertz CT molecular complexity index is 914. The molecule has 0 saturated heterocycles. The predicted molar refractivity (Wildman–Crippen MR) is 128 cm³/mol. The Balaban J connectivity index is 1.73. The van der Waals surface area contributed by atoms with Gasteiger partial charge in [-0.3, -0.25) is 9.59 Å². The minimum absolute atomic E-state index is 0.00519. The number of nitrogens with zero attached hydrogens (tertiary/aromatic N) is 1. The number of carbonyl (C=O) groups is 2. The van der Waals surface area contributed by atoms with E-state index in [1.54, 1.807) is 24.3 Å². The predicted octanol–water partition coefficient (Wildman–Crippen LogP) is 4.03. The van der Waals surface area contributed by atoms with E-state index in [1.807, 2.05) is 27.7 Å². The van der Waals surface area contributed by atoms with E-state index in [-0.39, 0.29) is 52.5 Å². The first-order valence-corrected chi connectivity index (χ1v) is 12.2. The third-order valence-electron chi connectivity index (χ3n) is 8.03. The van der Waals surface area contributed by atoms with Crippen LogP contribution in [0.15, 0.2) is 24.3 Å². The smallest absolute Gasteiger partial charge is 0.251 e. The first kappa shape index (κ1) is 25.2. The van der Waals surface area contributed by atoms with E-state index in [4.69, 9.17) is 5.26 Å². The zero-order chi connectivity index (χ0) is 24.6. The average molecular weight is 454 g/mol. The van der Waals surface area contributed by atoms with Crippen LogP contribution >= 0.6 is 0 Å². The number of hydrogen-bond acceptors (Lipinski definition) is 4. The zero-order valence-corrected chi connectivity index (χ0v) is 20.8. The molecule has 6 heteroatoms. The first-order chi connectivity index (χ1) is 15.4. The molecule has 2 saturated carbocycles. The second kappa shape index (κ2) is 9.46. The van der Waals surface area contributed by atoms with Crippen LogP contribution in [-0.2, 0) is 4.79 Å². The number of carbonyl (C=O) groups excluding carboxylic acids is 2. The Morgan fingerprint density at radius 2 is 1.79 bits per heavy atom. The second-order valence-electron chi connectivity index (χ2n) is 11.6. The molecule has 180 valence electrons. The fraction of sp³-hybridized carbons (Fsp3) is 0.667. The normalized spacial score (nSPS) is 32.7. The topological polar surface area (TPSA) is 102 Å². The second-order valence-corrected chi connectivity index (χ2v) is 11.6. The molecule has 0 heterocycles. The van der Waals surface area contributed by atoms with E-state index in [9.17, 15) is 14.7 Å². The number of rotatable bonds is 4. The molecule has 3 N–H and O–H groups in total. The van der Waals surface area contributed by atoms with Crippen LogP contribution in [0.4, 0.5) is 0 Å². The summed E-state index contributed by atoms with van der Waals surface area (Å²) < 4.78 is 0. The molecular weight excluding hydrogens is 414 g/mol. The van der Waals surface area contributed by atoms with Crippen molar-refractivity contribution in [3.05, 3.63) is 35.4 Å². The van der Waals surface area contributed by atoms with Crippen LogP contribution in [0.3, 0.4) is 0 Å². The molecule has 1 aromatic carbocycles. The number of amides is 2. The van der Waals surface area contributed by atoms with Crippen LogP contribution in [0.25, 0.3) is 0 Å². The molecule has 0 radical (unpaired) electrons. The maximum Gasteiger partial charge on any atom is 0.251 e. The fourth-order valence-corrected chi connectivity index (χ4v) is 6.12. The maximum atomic E-state index is 12.9. The van der Waals surface area contributed by atoms with Crippen molar-refractivity contribution in [2.24, 2.45) is 29.1 Å². The molecule has 2 amide bonds. The minimum Gasteiger partial charge on any atom is -0.392 e. The SMILES string of the molecule is C[C@H]1[C@@H]2[C@@H](O)[C@H]([C@H](C)C(=O)NC(C)(C)C)CC[C@@]2(C)CC[C@@H]1NC(=O)c1ccc(C#N)cc1. The molecule has 2 aliphatic rings. The van der Waals surface area contributed by atoms with E-state index in [0.29, 0.717) is 11.1 Å². The van der Waals surface area contributed by atoms with E-state index in [1.165, 1.54) is 0 Å². The minimum atomic E-state index is -0.589. The molecule has 6 nitrogen and oxygen atoms in total. The summed E-state index contributed by atoms with van der Waals surface area (Å²) in [5.41, 5.74) is 0.752. The van der Waals surface area contributed by atoms with Gasteiger partial charge in [-0.25, -0.2) is 0 Å². The van der Waals surface area contributed by atoms with Gasteiger partial charge in [-0.05, 0) is 93.9 Å². The molecule has 33 heavy (non-hydrogen) atoms. The van der Waals surface area contributed by atoms with Gasteiger partial charge in [-0.1, -0.05) is 20.8 Å². The Kier molecular flexibility index (Phi) is 7.24. The quantitative estimate of drug-likeness (QED) is 0.640. The van der Waals surface area contributed by atoms with Gasteiger partial charge in [0.1, 0.15) is 0 Å². The third kappa shape index (κ3) is 5.41. The Morgan fingerprint density at radius 1 is 1.18 bits per heavy atom. The van der Waals surface area contributed by atoms with E-state index in [2.05, 4.69) is 30.6 Å². The van der Waals surface area contributed by atoms with Crippen LogP contribution in [0, 0.1) is 40.4 Å². The number of nitriles is 1. The van der Waals surface area contributed by atoms with Crippen molar-refractivity contribution in [3.8, 4) is 6.07 Å². The summed E-state index contributed by atoms with van der Waals surface area (Å²) >= 11 is 0. The zero-order valence-electron chi connectivity index (χ0n) is 20.8. The standard InChI is InChI=1S/C27H39N3O3/c1-16(24(32)30-26(3,4)5)20-11-13-27(6)14-12-21(17(2)22(27)23(20)31)29-25(33)19-9-7-18(15-28)8-10-19/h7-10,16-17,20-23,31H,11-14H2,1-6H3,(H,29,33)(H,30,32)/t16-,17+,20-,21-,22+,23-,27-/m0/s1. The molecule has 0 aromatic heterocycles. The Hall–Kier alpha value is -2.39. The van der Waals surface area contributed by atoms with Crippen molar-refractivity contribution in [3.63, 3.8) is 0 Å². The number of benzene rings is 1. The molecule has 3 rings (SSSR count). The lowest BCUT2D eigenvalue weighted by atomic mass is 9.51. The van der Waals surface area contributed by atoms with E-state index in [0.717, 1.165) is 25.7 Å². The van der Waals surface area contributed by atoms with Crippen LogP contribution in [-0.4, -0.2) is 34.6 Å². The van der Waals surface area contributed by atoms with Gasteiger partial charge < -0.3 is 15.7 Å². The Morgan fingerprint density at radius 3 is 2.36 bits per heavy atom. The van der Waals surface area contributed by atoms with Gasteiger partial charge in [0, 0.05) is 23.1 Å². The monoisotopic (exact) mass is 453 g/mol. The van der Waals surface area contributed by atoms with Crippen molar-refractivity contribution in [2.75, 3.05) is 0 Å². The lowest BCUT2D eigenvalue weighted by molar-refractivity contribution is -0.143. The summed E-state index contributed by atoms with van der Waals surface area (Å²) in [4.78, 5) is 25.7. The Labute approximate surface area is 198 Å². The molecule has 2 fully saturated rings. The van der Waals surface area contributed by atoms with Gasteiger partial charge in [0.15, 0.2) is 0 Å². The number of aliphatic hydroxyl groups excluding tert-OH is 1. The molecule has 0 spiro atoms. The van der Waals surface area contributed by atoms with Crippen LogP contribution in [0.1, 0.15) is 83.1 Å². The molecule has 7 atom stereocenters. The van der Waals surface area contributed by atoms with Gasteiger partial charge >= 0.3 is 0 Å². The molecule has 0 bridgehead atoms.